The Morgan fingerprint density at radius 3 is 1.76 bits per heavy atom. The summed E-state index contributed by atoms with van der Waals surface area (Å²) in [4.78, 5) is 0. The van der Waals surface area contributed by atoms with Gasteiger partial charge < -0.3 is 9.84 Å². The summed E-state index contributed by atoms with van der Waals surface area (Å²) in [6, 6.07) is 0. The molecule has 2 rings (SSSR count). The molecule has 6 unspecified atom stereocenters. The van der Waals surface area contributed by atoms with Crippen LogP contribution in [0.3, 0.4) is 0 Å². The molecule has 0 bridgehead atoms. The molecule has 1 N–H and O–H groups in total. The van der Waals surface area contributed by atoms with Gasteiger partial charge in [0.05, 0.1) is 11.2 Å². The molecule has 0 amide bonds. The van der Waals surface area contributed by atoms with E-state index in [1.54, 1.807) is 0 Å². The van der Waals surface area contributed by atoms with Crippen LogP contribution in [0.25, 0.3) is 0 Å². The first kappa shape index (κ1) is 21.2. The zero-order valence-corrected chi connectivity index (χ0v) is 18.0. The Morgan fingerprint density at radius 2 is 1.36 bits per heavy atom. The van der Waals surface area contributed by atoms with E-state index in [2.05, 4.69) is 41.5 Å². The molecule has 2 aliphatic carbocycles. The Kier molecular flexibility index (Phi) is 7.04. The van der Waals surface area contributed by atoms with E-state index in [0.29, 0.717) is 11.8 Å². The third kappa shape index (κ3) is 4.26. The van der Waals surface area contributed by atoms with E-state index >= 15 is 0 Å². The van der Waals surface area contributed by atoms with E-state index in [1.165, 1.54) is 25.7 Å². The van der Waals surface area contributed by atoms with Crippen molar-refractivity contribution in [2.75, 3.05) is 7.11 Å². The molecular weight excluding hydrogens is 308 g/mol. The quantitative estimate of drug-likeness (QED) is 0.629. The van der Waals surface area contributed by atoms with Crippen molar-refractivity contribution in [2.24, 2.45) is 35.5 Å². The summed E-state index contributed by atoms with van der Waals surface area (Å²) in [5.74, 6) is 3.86. The van der Waals surface area contributed by atoms with Gasteiger partial charge in [-0.3, -0.25) is 0 Å². The monoisotopic (exact) mass is 352 g/mol. The zero-order valence-electron chi connectivity index (χ0n) is 18.0. The van der Waals surface area contributed by atoms with Crippen LogP contribution in [0.2, 0.25) is 0 Å². The SMILES string of the molecule is COC1(C2(O)CCC(CC(C)C)CC2C)CCC(CC(C)C)CC1C. The molecule has 2 fully saturated rings. The van der Waals surface area contributed by atoms with Crippen LogP contribution >= 0.6 is 0 Å². The van der Waals surface area contributed by atoms with Gasteiger partial charge in [0, 0.05) is 7.11 Å². The average molecular weight is 353 g/mol. The molecule has 0 radical (unpaired) electrons. The van der Waals surface area contributed by atoms with Gasteiger partial charge in [0.15, 0.2) is 0 Å². The molecule has 2 nitrogen and oxygen atoms in total. The van der Waals surface area contributed by atoms with Crippen molar-refractivity contribution in [1.29, 1.82) is 0 Å². The highest BCUT2D eigenvalue weighted by Gasteiger charge is 2.59. The van der Waals surface area contributed by atoms with Crippen molar-refractivity contribution in [3.63, 3.8) is 0 Å². The molecule has 148 valence electrons. The number of hydrogen-bond acceptors (Lipinski definition) is 2. The lowest BCUT2D eigenvalue weighted by Gasteiger charge is -2.58. The summed E-state index contributed by atoms with van der Waals surface area (Å²) in [6.07, 6.45) is 9.28. The highest BCUT2D eigenvalue weighted by Crippen LogP contribution is 2.54. The van der Waals surface area contributed by atoms with Gasteiger partial charge in [0.25, 0.3) is 0 Å². The predicted molar refractivity (Wildman–Crippen MR) is 107 cm³/mol. The lowest BCUT2D eigenvalue weighted by atomic mass is 9.55. The highest BCUT2D eigenvalue weighted by molar-refractivity contribution is 5.10. The Labute approximate surface area is 157 Å². The number of rotatable bonds is 6. The van der Waals surface area contributed by atoms with Crippen molar-refractivity contribution < 1.29 is 9.84 Å². The molecule has 0 heterocycles. The maximum absolute atomic E-state index is 11.9. The first-order chi connectivity index (χ1) is 11.6. The standard InChI is InChI=1S/C23H44O2/c1-16(2)12-20-8-10-22(24,18(5)14-20)23(25-7)11-9-21(13-17(3)4)15-19(23)6/h16-21,24H,8-15H2,1-7H3. The second-order valence-electron chi connectivity index (χ2n) is 10.4. The molecule has 0 aliphatic heterocycles. The van der Waals surface area contributed by atoms with E-state index in [-0.39, 0.29) is 5.60 Å². The summed E-state index contributed by atoms with van der Waals surface area (Å²) >= 11 is 0. The maximum atomic E-state index is 11.9. The minimum atomic E-state index is -0.655. The normalized spacial score (nSPS) is 43.0. The lowest BCUT2D eigenvalue weighted by molar-refractivity contribution is -0.247. The Bertz CT molecular complexity index is 418. The highest BCUT2D eigenvalue weighted by atomic mass is 16.5. The summed E-state index contributed by atoms with van der Waals surface area (Å²) in [5, 5.41) is 11.9. The van der Waals surface area contributed by atoms with Gasteiger partial charge in [-0.15, -0.1) is 0 Å². The Balaban J connectivity index is 2.13. The third-order valence-corrected chi connectivity index (χ3v) is 7.55. The van der Waals surface area contributed by atoms with Gasteiger partial charge in [0.2, 0.25) is 0 Å². The van der Waals surface area contributed by atoms with Gasteiger partial charge in [-0.1, -0.05) is 41.5 Å². The first-order valence-corrected chi connectivity index (χ1v) is 10.9. The summed E-state index contributed by atoms with van der Waals surface area (Å²) in [6.45, 7) is 13.9. The van der Waals surface area contributed by atoms with E-state index in [1.807, 2.05) is 7.11 Å². The van der Waals surface area contributed by atoms with Crippen LogP contribution in [0.15, 0.2) is 0 Å². The van der Waals surface area contributed by atoms with Crippen molar-refractivity contribution in [3.8, 4) is 0 Å². The second kappa shape index (κ2) is 8.30. The third-order valence-electron chi connectivity index (χ3n) is 7.55. The number of hydrogen-bond donors (Lipinski definition) is 1. The Morgan fingerprint density at radius 1 is 0.880 bits per heavy atom. The topological polar surface area (TPSA) is 29.5 Å². The molecule has 0 aromatic carbocycles. The number of aliphatic hydroxyl groups is 1. The largest absolute Gasteiger partial charge is 0.387 e. The van der Waals surface area contributed by atoms with Crippen LogP contribution in [-0.2, 0) is 4.74 Å². The van der Waals surface area contributed by atoms with Crippen LogP contribution in [0.4, 0.5) is 0 Å². The number of methoxy groups -OCH3 is 1. The van der Waals surface area contributed by atoms with Crippen molar-refractivity contribution in [1.82, 2.24) is 0 Å². The van der Waals surface area contributed by atoms with Crippen LogP contribution < -0.4 is 0 Å². The molecule has 25 heavy (non-hydrogen) atoms. The second-order valence-corrected chi connectivity index (χ2v) is 10.4. The lowest BCUT2D eigenvalue weighted by Crippen LogP contribution is -2.65. The summed E-state index contributed by atoms with van der Waals surface area (Å²) < 4.78 is 6.22. The van der Waals surface area contributed by atoms with Gasteiger partial charge in [-0.2, -0.15) is 0 Å². The van der Waals surface area contributed by atoms with Gasteiger partial charge in [-0.05, 0) is 86.9 Å². The van der Waals surface area contributed by atoms with Crippen LogP contribution in [0.1, 0.15) is 92.9 Å². The molecule has 0 saturated heterocycles. The van der Waals surface area contributed by atoms with Crippen molar-refractivity contribution in [3.05, 3.63) is 0 Å². The van der Waals surface area contributed by atoms with Crippen LogP contribution in [0, 0.1) is 35.5 Å². The molecule has 2 heteroatoms. The van der Waals surface area contributed by atoms with E-state index in [4.69, 9.17) is 4.74 Å². The van der Waals surface area contributed by atoms with Crippen molar-refractivity contribution >= 4 is 0 Å². The predicted octanol–water partition coefficient (Wildman–Crippen LogP) is 6.07. The van der Waals surface area contributed by atoms with E-state index in [9.17, 15) is 5.11 Å². The summed E-state index contributed by atoms with van der Waals surface area (Å²) in [5.41, 5.74) is -1.000. The average Bonchev–Trinajstić information content (AvgIpc) is 2.50. The van der Waals surface area contributed by atoms with Gasteiger partial charge in [0.1, 0.15) is 0 Å². The fourth-order valence-corrected chi connectivity index (χ4v) is 6.47. The molecule has 0 spiro atoms. The Hall–Kier alpha value is -0.0800. The van der Waals surface area contributed by atoms with E-state index in [0.717, 1.165) is 49.4 Å². The fourth-order valence-electron chi connectivity index (χ4n) is 6.47. The molecule has 2 aliphatic rings. The van der Waals surface area contributed by atoms with E-state index < -0.39 is 5.60 Å². The van der Waals surface area contributed by atoms with Crippen LogP contribution in [0.5, 0.6) is 0 Å². The zero-order chi connectivity index (χ0) is 18.8. The van der Waals surface area contributed by atoms with Gasteiger partial charge >= 0.3 is 0 Å². The van der Waals surface area contributed by atoms with Crippen molar-refractivity contribution in [2.45, 2.75) is 104 Å². The first-order valence-electron chi connectivity index (χ1n) is 10.9. The molecule has 0 aromatic heterocycles. The molecule has 0 aromatic rings. The van der Waals surface area contributed by atoms with Crippen LogP contribution in [-0.4, -0.2) is 23.4 Å². The summed E-state index contributed by atoms with van der Waals surface area (Å²) in [7, 11) is 1.85. The molecule has 6 atom stereocenters. The maximum Gasteiger partial charge on any atom is 0.0992 e. The fraction of sp³-hybridized carbons (Fsp3) is 1.00. The number of ether oxygens (including phenoxy) is 1. The minimum absolute atomic E-state index is 0.328. The van der Waals surface area contributed by atoms with Gasteiger partial charge in [-0.25, -0.2) is 0 Å². The minimum Gasteiger partial charge on any atom is -0.387 e. The smallest absolute Gasteiger partial charge is 0.0992 e. The molecule has 2 saturated carbocycles. The molecular formula is C23H44O2.